The monoisotopic (exact) mass is 429 g/mol. The molecule has 9 heteroatoms. The highest BCUT2D eigenvalue weighted by Crippen LogP contribution is 2.16. The molecular weight excluding hydrogens is 398 g/mol. The van der Waals surface area contributed by atoms with E-state index >= 15 is 0 Å². The van der Waals surface area contributed by atoms with Gasteiger partial charge in [-0.15, -0.1) is 0 Å². The highest BCUT2D eigenvalue weighted by Gasteiger charge is 2.13. The Morgan fingerprint density at radius 3 is 2.61 bits per heavy atom. The molecular formula is C22H31N5O4. The lowest BCUT2D eigenvalue weighted by Crippen LogP contribution is -2.41. The van der Waals surface area contributed by atoms with Crippen LogP contribution in [0.5, 0.6) is 0 Å². The largest absolute Gasteiger partial charge is 0.464 e. The first-order valence-corrected chi connectivity index (χ1v) is 10.7. The Morgan fingerprint density at radius 2 is 1.97 bits per heavy atom. The molecule has 1 aliphatic heterocycles. The van der Waals surface area contributed by atoms with E-state index in [1.54, 1.807) is 12.1 Å². The van der Waals surface area contributed by atoms with E-state index in [0.29, 0.717) is 12.5 Å². The number of hydrogen-bond acceptors (Lipinski definition) is 6. The number of guanidine groups is 1. The van der Waals surface area contributed by atoms with Gasteiger partial charge in [0.2, 0.25) is 0 Å². The minimum Gasteiger partial charge on any atom is -0.464 e. The van der Waals surface area contributed by atoms with Crippen molar-refractivity contribution < 1.29 is 14.1 Å². The van der Waals surface area contributed by atoms with Crippen molar-refractivity contribution in [2.24, 2.45) is 4.99 Å². The second-order valence-electron chi connectivity index (χ2n) is 7.64. The summed E-state index contributed by atoms with van der Waals surface area (Å²) in [6, 6.07) is 10.3. The maximum Gasteiger partial charge on any atom is 0.269 e. The highest BCUT2D eigenvalue weighted by atomic mass is 16.6. The molecule has 9 nitrogen and oxygen atoms in total. The van der Waals surface area contributed by atoms with E-state index in [9.17, 15) is 10.1 Å². The molecule has 0 amide bonds. The maximum atomic E-state index is 10.8. The van der Waals surface area contributed by atoms with Gasteiger partial charge in [0.1, 0.15) is 11.5 Å². The van der Waals surface area contributed by atoms with E-state index < -0.39 is 4.92 Å². The number of benzene rings is 1. The van der Waals surface area contributed by atoms with Crippen LogP contribution in [0.25, 0.3) is 0 Å². The zero-order chi connectivity index (χ0) is 22.1. The molecule has 3 rings (SSSR count). The average molecular weight is 430 g/mol. The third-order valence-electron chi connectivity index (χ3n) is 5.16. The van der Waals surface area contributed by atoms with Crippen LogP contribution in [-0.4, -0.2) is 55.2 Å². The Balaban J connectivity index is 1.58. The fourth-order valence-electron chi connectivity index (χ4n) is 3.34. The molecule has 1 aromatic carbocycles. The lowest BCUT2D eigenvalue weighted by molar-refractivity contribution is -0.384. The first-order valence-electron chi connectivity index (χ1n) is 10.7. The summed E-state index contributed by atoms with van der Waals surface area (Å²) >= 11 is 0. The quantitative estimate of drug-likeness (QED) is 0.208. The van der Waals surface area contributed by atoms with Crippen LogP contribution in [0, 0.1) is 17.0 Å². The molecule has 1 unspecified atom stereocenters. The van der Waals surface area contributed by atoms with Gasteiger partial charge < -0.3 is 19.8 Å². The summed E-state index contributed by atoms with van der Waals surface area (Å²) in [4.78, 5) is 17.5. The molecule has 1 fully saturated rings. The van der Waals surface area contributed by atoms with Crippen molar-refractivity contribution in [1.29, 1.82) is 0 Å². The van der Waals surface area contributed by atoms with Gasteiger partial charge in [-0.05, 0) is 44.5 Å². The fraction of sp³-hybridized carbons (Fsp3) is 0.500. The Bertz CT molecular complexity index is 859. The van der Waals surface area contributed by atoms with Crippen molar-refractivity contribution in [3.8, 4) is 0 Å². The van der Waals surface area contributed by atoms with E-state index in [0.717, 1.165) is 62.9 Å². The van der Waals surface area contributed by atoms with E-state index in [1.807, 2.05) is 26.0 Å². The number of hydrogen-bond donors (Lipinski definition) is 2. The Morgan fingerprint density at radius 1 is 1.23 bits per heavy atom. The predicted molar refractivity (Wildman–Crippen MR) is 119 cm³/mol. The van der Waals surface area contributed by atoms with Crippen molar-refractivity contribution in [2.75, 3.05) is 39.4 Å². The normalized spacial score (nSPS) is 16.1. The number of nitro benzene ring substituents is 1. The molecule has 0 aliphatic carbocycles. The number of non-ortho nitro benzene ring substituents is 1. The van der Waals surface area contributed by atoms with Crippen molar-refractivity contribution in [2.45, 2.75) is 32.9 Å². The second kappa shape index (κ2) is 11.5. The maximum absolute atomic E-state index is 10.8. The van der Waals surface area contributed by atoms with Crippen LogP contribution < -0.4 is 10.6 Å². The number of aryl methyl sites for hydroxylation is 1. The smallest absolute Gasteiger partial charge is 0.269 e. The SMILES string of the molecule is Cc1ccc(C(C)NC(=NCc2ccc([N+](=O)[O-])cc2)NCCCN2CCOCC2)o1. The number of nitrogens with one attached hydrogen (secondary N) is 2. The molecule has 2 heterocycles. The molecule has 0 saturated carbocycles. The predicted octanol–water partition coefficient (Wildman–Crippen LogP) is 3.01. The first kappa shape index (κ1) is 22.8. The molecule has 1 aromatic heterocycles. The summed E-state index contributed by atoms with van der Waals surface area (Å²) in [6.07, 6.45) is 0.993. The fourth-order valence-corrected chi connectivity index (χ4v) is 3.34. The summed E-state index contributed by atoms with van der Waals surface area (Å²) in [5, 5.41) is 17.6. The number of aliphatic imine (C=N–C) groups is 1. The third-order valence-corrected chi connectivity index (χ3v) is 5.16. The van der Waals surface area contributed by atoms with Crippen LogP contribution >= 0.6 is 0 Å². The average Bonchev–Trinajstić information content (AvgIpc) is 3.22. The van der Waals surface area contributed by atoms with Gasteiger partial charge in [0.15, 0.2) is 5.96 Å². The number of ether oxygens (including phenoxy) is 1. The molecule has 0 radical (unpaired) electrons. The van der Waals surface area contributed by atoms with Crippen molar-refractivity contribution in [3.05, 3.63) is 63.6 Å². The van der Waals surface area contributed by atoms with Gasteiger partial charge in [0.05, 0.1) is 30.7 Å². The Labute approximate surface area is 182 Å². The Kier molecular flexibility index (Phi) is 8.43. The van der Waals surface area contributed by atoms with Crippen molar-refractivity contribution >= 4 is 11.6 Å². The van der Waals surface area contributed by atoms with Gasteiger partial charge in [0, 0.05) is 31.8 Å². The third kappa shape index (κ3) is 7.37. The number of nitro groups is 1. The number of rotatable bonds is 9. The number of nitrogens with zero attached hydrogens (tertiary/aromatic N) is 3. The van der Waals surface area contributed by atoms with E-state index in [4.69, 9.17) is 9.15 Å². The minimum atomic E-state index is -0.400. The summed E-state index contributed by atoms with van der Waals surface area (Å²) in [5.41, 5.74) is 0.982. The van der Waals surface area contributed by atoms with Crippen LogP contribution in [0.1, 0.15) is 36.5 Å². The summed E-state index contributed by atoms with van der Waals surface area (Å²) in [7, 11) is 0. The van der Waals surface area contributed by atoms with Crippen molar-refractivity contribution in [3.63, 3.8) is 0 Å². The summed E-state index contributed by atoms with van der Waals surface area (Å²) in [6.45, 7) is 9.72. The van der Waals surface area contributed by atoms with Gasteiger partial charge in [-0.25, -0.2) is 4.99 Å². The topological polar surface area (TPSA) is 105 Å². The molecule has 2 N–H and O–H groups in total. The van der Waals surface area contributed by atoms with E-state index in [2.05, 4.69) is 20.5 Å². The van der Waals surface area contributed by atoms with Crippen LogP contribution in [0.4, 0.5) is 5.69 Å². The standard InChI is InChI=1S/C22H31N5O4/c1-17-4-9-21(31-17)18(2)25-22(23-10-3-11-26-12-14-30-15-13-26)24-16-19-5-7-20(8-6-19)27(28)29/h4-9,18H,3,10-16H2,1-2H3,(H2,23,24,25). The van der Waals surface area contributed by atoms with Gasteiger partial charge in [0.25, 0.3) is 5.69 Å². The number of furan rings is 1. The molecule has 2 aromatic rings. The highest BCUT2D eigenvalue weighted by molar-refractivity contribution is 5.80. The minimum absolute atomic E-state index is 0.0453. The molecule has 0 spiro atoms. The molecule has 168 valence electrons. The van der Waals surface area contributed by atoms with Gasteiger partial charge >= 0.3 is 0 Å². The molecule has 1 saturated heterocycles. The van der Waals surface area contributed by atoms with Crippen LogP contribution in [0.3, 0.4) is 0 Å². The van der Waals surface area contributed by atoms with E-state index in [-0.39, 0.29) is 11.7 Å². The summed E-state index contributed by atoms with van der Waals surface area (Å²) in [5.74, 6) is 2.39. The molecule has 0 bridgehead atoms. The zero-order valence-electron chi connectivity index (χ0n) is 18.2. The Hall–Kier alpha value is -2.91. The molecule has 1 atom stereocenters. The second-order valence-corrected chi connectivity index (χ2v) is 7.64. The molecule has 31 heavy (non-hydrogen) atoms. The van der Waals surface area contributed by atoms with Gasteiger partial charge in [-0.2, -0.15) is 0 Å². The summed E-state index contributed by atoms with van der Waals surface area (Å²) < 4.78 is 11.1. The lowest BCUT2D eigenvalue weighted by atomic mass is 10.2. The van der Waals surface area contributed by atoms with Crippen LogP contribution in [-0.2, 0) is 11.3 Å². The van der Waals surface area contributed by atoms with Gasteiger partial charge in [-0.3, -0.25) is 15.0 Å². The van der Waals surface area contributed by atoms with Crippen molar-refractivity contribution in [1.82, 2.24) is 15.5 Å². The van der Waals surface area contributed by atoms with E-state index in [1.165, 1.54) is 12.1 Å². The first-order chi connectivity index (χ1) is 15.0. The zero-order valence-corrected chi connectivity index (χ0v) is 18.2. The van der Waals surface area contributed by atoms with Crippen LogP contribution in [0.2, 0.25) is 0 Å². The van der Waals surface area contributed by atoms with Gasteiger partial charge in [-0.1, -0.05) is 12.1 Å². The lowest BCUT2D eigenvalue weighted by Gasteiger charge is -2.26. The molecule has 1 aliphatic rings. The number of morpholine rings is 1. The van der Waals surface area contributed by atoms with Crippen LogP contribution in [0.15, 0.2) is 45.8 Å².